The molecular weight excluding hydrogens is 260 g/mol. The minimum atomic E-state index is -4.03. The maximum Gasteiger partial charge on any atom is 0.422 e. The Hall–Kier alpha value is -1.77. The number of nitrogens with one attached hydrogen (secondary N) is 3. The van der Waals surface area contributed by atoms with E-state index in [1.165, 1.54) is 0 Å². The molecule has 18 heavy (non-hydrogen) atoms. The van der Waals surface area contributed by atoms with E-state index in [1.54, 1.807) is 32.4 Å². The van der Waals surface area contributed by atoms with E-state index in [-0.39, 0.29) is 0 Å². The molecule has 1 amide bonds. The van der Waals surface area contributed by atoms with E-state index in [2.05, 4.69) is 19.7 Å². The molecule has 0 bridgehead atoms. The van der Waals surface area contributed by atoms with E-state index in [9.17, 15) is 13.2 Å². The average molecular weight is 276 g/mol. The number of aryl methyl sites for hydroxylation is 2. The van der Waals surface area contributed by atoms with Crippen LogP contribution in [0.1, 0.15) is 25.2 Å². The maximum atomic E-state index is 11.6. The van der Waals surface area contributed by atoms with Gasteiger partial charge < -0.3 is 4.74 Å². The fourth-order valence-corrected chi connectivity index (χ4v) is 2.10. The van der Waals surface area contributed by atoms with E-state index < -0.39 is 22.4 Å². The zero-order valence-corrected chi connectivity index (χ0v) is 11.4. The summed E-state index contributed by atoms with van der Waals surface area (Å²) in [6.07, 6.45) is -1.44. The summed E-state index contributed by atoms with van der Waals surface area (Å²) in [4.78, 5) is 11.2. The van der Waals surface area contributed by atoms with E-state index in [0.717, 1.165) is 0 Å². The van der Waals surface area contributed by atoms with Gasteiger partial charge in [0.2, 0.25) is 0 Å². The number of carbonyl (C=O) groups is 1. The molecule has 3 N–H and O–H groups in total. The number of amides is 1. The third kappa shape index (κ3) is 3.91. The molecule has 102 valence electrons. The molecular formula is C9H16N4O4S. The highest BCUT2D eigenvalue weighted by molar-refractivity contribution is 7.91. The Kier molecular flexibility index (Phi) is 4.17. The molecule has 0 saturated heterocycles. The molecule has 0 unspecified atom stereocenters. The van der Waals surface area contributed by atoms with Crippen LogP contribution in [-0.4, -0.2) is 30.8 Å². The minimum Gasteiger partial charge on any atom is -0.446 e. The van der Waals surface area contributed by atoms with E-state index in [1.807, 2.05) is 0 Å². The van der Waals surface area contributed by atoms with E-state index in [0.29, 0.717) is 17.1 Å². The van der Waals surface area contributed by atoms with Gasteiger partial charge in [0.15, 0.2) is 0 Å². The van der Waals surface area contributed by atoms with E-state index >= 15 is 0 Å². The fraction of sp³-hybridized carbons (Fsp3) is 0.556. The molecule has 0 aliphatic heterocycles. The highest BCUT2D eigenvalue weighted by atomic mass is 32.2. The summed E-state index contributed by atoms with van der Waals surface area (Å²) in [5.41, 5.74) is 1.34. The lowest BCUT2D eigenvalue weighted by molar-refractivity contribution is 0.121. The van der Waals surface area contributed by atoms with Gasteiger partial charge in [0, 0.05) is 0 Å². The molecule has 1 aromatic heterocycles. The number of hydrogen-bond donors (Lipinski definition) is 3. The lowest BCUT2D eigenvalue weighted by Crippen LogP contribution is -2.37. The van der Waals surface area contributed by atoms with Gasteiger partial charge in [-0.05, 0) is 27.7 Å². The Morgan fingerprint density at radius 3 is 2.44 bits per heavy atom. The van der Waals surface area contributed by atoms with Crippen LogP contribution in [0.4, 0.5) is 10.5 Å². The van der Waals surface area contributed by atoms with Gasteiger partial charge in [-0.2, -0.15) is 13.5 Å². The van der Waals surface area contributed by atoms with Crippen LogP contribution in [-0.2, 0) is 14.9 Å². The Labute approximate surface area is 105 Å². The van der Waals surface area contributed by atoms with Crippen molar-refractivity contribution in [3.8, 4) is 0 Å². The molecule has 0 spiro atoms. The highest BCUT2D eigenvalue weighted by Gasteiger charge is 2.19. The molecule has 1 rings (SSSR count). The zero-order valence-electron chi connectivity index (χ0n) is 10.6. The molecule has 9 heteroatoms. The maximum absolute atomic E-state index is 11.6. The lowest BCUT2D eigenvalue weighted by atomic mass is 10.3. The second-order valence-electron chi connectivity index (χ2n) is 3.97. The number of nitrogens with zero attached hydrogens (tertiary/aromatic N) is 1. The van der Waals surface area contributed by atoms with Crippen LogP contribution in [0.2, 0.25) is 0 Å². The Morgan fingerprint density at radius 2 is 2.00 bits per heavy atom. The SMILES string of the molecule is Cc1n[nH]c(C)c1NS(=O)(=O)NC(=O)OC(C)C. The molecule has 1 heterocycles. The summed E-state index contributed by atoms with van der Waals surface area (Å²) in [6, 6.07) is 0. The summed E-state index contributed by atoms with van der Waals surface area (Å²) in [7, 11) is -4.03. The highest BCUT2D eigenvalue weighted by Crippen LogP contribution is 2.16. The zero-order chi connectivity index (χ0) is 13.9. The summed E-state index contributed by atoms with van der Waals surface area (Å²) in [6.45, 7) is 6.52. The molecule has 0 aliphatic rings. The average Bonchev–Trinajstić information content (AvgIpc) is 2.46. The van der Waals surface area contributed by atoms with Crippen molar-refractivity contribution >= 4 is 22.0 Å². The molecule has 1 aromatic rings. The van der Waals surface area contributed by atoms with Gasteiger partial charge in [-0.3, -0.25) is 9.82 Å². The summed E-state index contributed by atoms with van der Waals surface area (Å²) >= 11 is 0. The molecule has 0 saturated carbocycles. The first-order valence-corrected chi connectivity index (χ1v) is 6.72. The molecule has 0 aromatic carbocycles. The van der Waals surface area contributed by atoms with Gasteiger partial charge in [0.25, 0.3) is 0 Å². The minimum absolute atomic E-state index is 0.305. The van der Waals surface area contributed by atoms with Crippen LogP contribution in [0.25, 0.3) is 0 Å². The van der Waals surface area contributed by atoms with Crippen molar-refractivity contribution in [1.29, 1.82) is 0 Å². The van der Waals surface area contributed by atoms with Crippen molar-refractivity contribution in [2.75, 3.05) is 4.72 Å². The molecule has 0 radical (unpaired) electrons. The molecule has 0 fully saturated rings. The number of ether oxygens (including phenoxy) is 1. The predicted octanol–water partition coefficient (Wildman–Crippen LogP) is 0.818. The smallest absolute Gasteiger partial charge is 0.422 e. The van der Waals surface area contributed by atoms with Crippen LogP contribution < -0.4 is 9.44 Å². The summed E-state index contributed by atoms with van der Waals surface area (Å²) < 4.78 is 31.9. The summed E-state index contributed by atoms with van der Waals surface area (Å²) in [5, 5.41) is 6.46. The normalized spacial score (nSPS) is 11.4. The number of H-pyrrole nitrogens is 1. The van der Waals surface area contributed by atoms with Crippen LogP contribution in [0, 0.1) is 13.8 Å². The first-order chi connectivity index (χ1) is 8.21. The van der Waals surface area contributed by atoms with Gasteiger partial charge in [-0.1, -0.05) is 0 Å². The van der Waals surface area contributed by atoms with Crippen molar-refractivity contribution in [2.45, 2.75) is 33.8 Å². The Balaban J connectivity index is 2.74. The number of aromatic nitrogens is 2. The van der Waals surface area contributed by atoms with Crippen molar-refractivity contribution in [1.82, 2.24) is 14.9 Å². The van der Waals surface area contributed by atoms with Crippen LogP contribution in [0.15, 0.2) is 0 Å². The number of hydrogen-bond acceptors (Lipinski definition) is 5. The van der Waals surface area contributed by atoms with Gasteiger partial charge in [-0.15, -0.1) is 0 Å². The van der Waals surface area contributed by atoms with Crippen LogP contribution >= 0.6 is 0 Å². The van der Waals surface area contributed by atoms with Crippen molar-refractivity contribution in [3.05, 3.63) is 11.4 Å². The van der Waals surface area contributed by atoms with Crippen LogP contribution in [0.5, 0.6) is 0 Å². The third-order valence-electron chi connectivity index (χ3n) is 1.92. The van der Waals surface area contributed by atoms with Crippen molar-refractivity contribution < 1.29 is 17.9 Å². The quantitative estimate of drug-likeness (QED) is 0.753. The topological polar surface area (TPSA) is 113 Å². The van der Waals surface area contributed by atoms with Crippen molar-refractivity contribution in [3.63, 3.8) is 0 Å². The Bertz CT molecular complexity index is 515. The van der Waals surface area contributed by atoms with Gasteiger partial charge in [0.1, 0.15) is 0 Å². The number of carbonyl (C=O) groups excluding carboxylic acids is 1. The first kappa shape index (κ1) is 14.3. The van der Waals surface area contributed by atoms with Crippen molar-refractivity contribution in [2.24, 2.45) is 0 Å². The number of rotatable bonds is 4. The predicted molar refractivity (Wildman–Crippen MR) is 65.4 cm³/mol. The number of anilines is 1. The standard InChI is InChI=1S/C9H16N4O4S/c1-5(2)17-9(14)13-18(15,16)12-8-6(3)10-11-7(8)4/h5,12H,1-4H3,(H,10,11)(H,13,14). The molecule has 0 aliphatic carbocycles. The lowest BCUT2D eigenvalue weighted by Gasteiger charge is -2.11. The third-order valence-corrected chi connectivity index (χ3v) is 2.83. The molecule has 0 atom stereocenters. The second-order valence-corrected chi connectivity index (χ2v) is 5.39. The van der Waals surface area contributed by atoms with Gasteiger partial charge in [-0.25, -0.2) is 9.52 Å². The van der Waals surface area contributed by atoms with Gasteiger partial charge in [0.05, 0.1) is 23.2 Å². The van der Waals surface area contributed by atoms with Gasteiger partial charge >= 0.3 is 16.3 Å². The summed E-state index contributed by atoms with van der Waals surface area (Å²) in [5.74, 6) is 0. The van der Waals surface area contributed by atoms with Crippen LogP contribution in [0.3, 0.4) is 0 Å². The fourth-order valence-electron chi connectivity index (χ4n) is 1.21. The first-order valence-electron chi connectivity index (χ1n) is 5.24. The molecule has 8 nitrogen and oxygen atoms in total. The number of aromatic amines is 1. The largest absolute Gasteiger partial charge is 0.446 e. The second kappa shape index (κ2) is 5.25. The van der Waals surface area contributed by atoms with E-state index in [4.69, 9.17) is 0 Å². The Morgan fingerprint density at radius 1 is 1.39 bits per heavy atom. The monoisotopic (exact) mass is 276 g/mol.